The molecule has 5 nitrogen and oxygen atoms in total. The lowest BCUT2D eigenvalue weighted by Gasteiger charge is -2.18. The van der Waals surface area contributed by atoms with Crippen molar-refractivity contribution in [2.24, 2.45) is 0 Å². The van der Waals surface area contributed by atoms with Crippen LogP contribution >= 0.6 is 0 Å². The third kappa shape index (κ3) is 3.56. The molecule has 3 aromatic rings. The number of carbonyl (C=O) groups excluding carboxylic acids is 1. The summed E-state index contributed by atoms with van der Waals surface area (Å²) in [6, 6.07) is 15.7. The number of likely N-dealkylation sites (N-methyl/N-ethyl adjacent to an activating group) is 1. The molecule has 0 aliphatic rings. The van der Waals surface area contributed by atoms with E-state index >= 15 is 0 Å². The molecule has 0 bridgehead atoms. The standard InChI is InChI=1S/C19H21N3O2/c1-3-24-16-10-8-15(9-11-16)12-21(2)19(23)13-22-14-20-17-6-4-5-7-18(17)22/h4-11,14H,3,12-13H2,1-2H3. The Hall–Kier alpha value is -2.82. The number of fused-ring (bicyclic) bond motifs is 1. The van der Waals surface area contributed by atoms with Crippen LogP contribution in [-0.4, -0.2) is 34.0 Å². The summed E-state index contributed by atoms with van der Waals surface area (Å²) in [5.41, 5.74) is 2.95. The maximum atomic E-state index is 12.5. The fourth-order valence-corrected chi connectivity index (χ4v) is 2.62. The number of benzene rings is 2. The summed E-state index contributed by atoms with van der Waals surface area (Å²) < 4.78 is 7.31. The summed E-state index contributed by atoms with van der Waals surface area (Å²) in [4.78, 5) is 18.5. The van der Waals surface area contributed by atoms with Crippen LogP contribution in [0.3, 0.4) is 0 Å². The Bertz CT molecular complexity index is 824. The van der Waals surface area contributed by atoms with Crippen molar-refractivity contribution < 1.29 is 9.53 Å². The normalized spacial score (nSPS) is 10.8. The highest BCUT2D eigenvalue weighted by atomic mass is 16.5. The zero-order chi connectivity index (χ0) is 16.9. The molecule has 124 valence electrons. The highest BCUT2D eigenvalue weighted by Gasteiger charge is 2.12. The summed E-state index contributed by atoms with van der Waals surface area (Å²) in [5, 5.41) is 0. The molecule has 0 atom stereocenters. The smallest absolute Gasteiger partial charge is 0.242 e. The first-order chi connectivity index (χ1) is 11.7. The van der Waals surface area contributed by atoms with E-state index in [4.69, 9.17) is 4.74 Å². The third-order valence-electron chi connectivity index (χ3n) is 3.91. The average Bonchev–Trinajstić information content (AvgIpc) is 3.00. The Kier molecular flexibility index (Phi) is 4.79. The molecule has 1 amide bonds. The van der Waals surface area contributed by atoms with E-state index in [2.05, 4.69) is 4.98 Å². The molecular formula is C19H21N3O2. The van der Waals surface area contributed by atoms with Gasteiger partial charge in [-0.3, -0.25) is 4.79 Å². The van der Waals surface area contributed by atoms with Crippen molar-refractivity contribution >= 4 is 16.9 Å². The minimum Gasteiger partial charge on any atom is -0.494 e. The predicted molar refractivity (Wildman–Crippen MR) is 93.8 cm³/mol. The minimum absolute atomic E-state index is 0.0482. The highest BCUT2D eigenvalue weighted by molar-refractivity contribution is 5.80. The van der Waals surface area contributed by atoms with Crippen LogP contribution in [0.1, 0.15) is 12.5 Å². The molecular weight excluding hydrogens is 302 g/mol. The van der Waals surface area contributed by atoms with Gasteiger partial charge in [0.25, 0.3) is 0 Å². The number of hydrogen-bond donors (Lipinski definition) is 0. The second kappa shape index (κ2) is 7.17. The van der Waals surface area contributed by atoms with Crippen molar-refractivity contribution in [1.29, 1.82) is 0 Å². The van der Waals surface area contributed by atoms with Crippen molar-refractivity contribution in [1.82, 2.24) is 14.5 Å². The van der Waals surface area contributed by atoms with Gasteiger partial charge < -0.3 is 14.2 Å². The van der Waals surface area contributed by atoms with Gasteiger partial charge in [-0.1, -0.05) is 24.3 Å². The molecule has 0 spiro atoms. The van der Waals surface area contributed by atoms with E-state index in [-0.39, 0.29) is 12.5 Å². The Morgan fingerprint density at radius 2 is 1.92 bits per heavy atom. The molecule has 0 fully saturated rings. The lowest BCUT2D eigenvalue weighted by atomic mass is 10.2. The average molecular weight is 323 g/mol. The van der Waals surface area contributed by atoms with Crippen molar-refractivity contribution in [3.05, 3.63) is 60.4 Å². The molecule has 0 radical (unpaired) electrons. The minimum atomic E-state index is 0.0482. The first-order valence-corrected chi connectivity index (χ1v) is 8.03. The maximum absolute atomic E-state index is 12.5. The summed E-state index contributed by atoms with van der Waals surface area (Å²) in [5.74, 6) is 0.896. The van der Waals surface area contributed by atoms with E-state index in [1.54, 1.807) is 11.2 Å². The summed E-state index contributed by atoms with van der Waals surface area (Å²) in [6.45, 7) is 3.46. The van der Waals surface area contributed by atoms with E-state index in [1.165, 1.54) is 0 Å². The van der Waals surface area contributed by atoms with Crippen LogP contribution in [0.4, 0.5) is 0 Å². The van der Waals surface area contributed by atoms with E-state index < -0.39 is 0 Å². The van der Waals surface area contributed by atoms with Crippen molar-refractivity contribution in [3.63, 3.8) is 0 Å². The van der Waals surface area contributed by atoms with E-state index in [0.29, 0.717) is 13.2 Å². The number of ether oxygens (including phenoxy) is 1. The maximum Gasteiger partial charge on any atom is 0.242 e. The lowest BCUT2D eigenvalue weighted by Crippen LogP contribution is -2.29. The molecule has 0 N–H and O–H groups in total. The molecule has 1 aromatic heterocycles. The van der Waals surface area contributed by atoms with Gasteiger partial charge in [0.2, 0.25) is 5.91 Å². The van der Waals surface area contributed by atoms with Gasteiger partial charge in [-0.15, -0.1) is 0 Å². The van der Waals surface area contributed by atoms with E-state index in [1.807, 2.05) is 67.1 Å². The summed E-state index contributed by atoms with van der Waals surface area (Å²) in [7, 11) is 1.82. The number of carbonyl (C=O) groups is 1. The van der Waals surface area contributed by atoms with Gasteiger partial charge in [0, 0.05) is 13.6 Å². The molecule has 1 heterocycles. The second-order valence-corrected chi connectivity index (χ2v) is 5.69. The lowest BCUT2D eigenvalue weighted by molar-refractivity contribution is -0.131. The van der Waals surface area contributed by atoms with Crippen LogP contribution in [0.5, 0.6) is 5.75 Å². The summed E-state index contributed by atoms with van der Waals surface area (Å²) in [6.07, 6.45) is 1.72. The molecule has 0 unspecified atom stereocenters. The van der Waals surface area contributed by atoms with Gasteiger partial charge in [-0.25, -0.2) is 4.98 Å². The molecule has 5 heteroatoms. The number of aromatic nitrogens is 2. The van der Waals surface area contributed by atoms with Gasteiger partial charge in [-0.2, -0.15) is 0 Å². The van der Waals surface area contributed by atoms with Crippen LogP contribution in [0, 0.1) is 0 Å². The highest BCUT2D eigenvalue weighted by Crippen LogP contribution is 2.15. The molecule has 0 saturated carbocycles. The first-order valence-electron chi connectivity index (χ1n) is 8.03. The Labute approximate surface area is 141 Å². The van der Waals surface area contributed by atoms with Crippen LogP contribution in [0.25, 0.3) is 11.0 Å². The number of hydrogen-bond acceptors (Lipinski definition) is 3. The van der Waals surface area contributed by atoms with Crippen LogP contribution in [0.15, 0.2) is 54.9 Å². The monoisotopic (exact) mass is 323 g/mol. The van der Waals surface area contributed by atoms with Crippen LogP contribution < -0.4 is 4.74 Å². The summed E-state index contributed by atoms with van der Waals surface area (Å²) >= 11 is 0. The quantitative estimate of drug-likeness (QED) is 0.700. The SMILES string of the molecule is CCOc1ccc(CN(C)C(=O)Cn2cnc3ccccc32)cc1. The largest absolute Gasteiger partial charge is 0.494 e. The van der Waals surface area contributed by atoms with Gasteiger partial charge in [0.1, 0.15) is 12.3 Å². The van der Waals surface area contributed by atoms with Gasteiger partial charge in [0.05, 0.1) is 24.0 Å². The number of para-hydroxylation sites is 2. The fraction of sp³-hybridized carbons (Fsp3) is 0.263. The zero-order valence-corrected chi connectivity index (χ0v) is 14.0. The van der Waals surface area contributed by atoms with E-state index in [9.17, 15) is 4.79 Å². The predicted octanol–water partition coefficient (Wildman–Crippen LogP) is 3.09. The number of imidazole rings is 1. The first kappa shape index (κ1) is 16.1. The fourth-order valence-electron chi connectivity index (χ4n) is 2.62. The van der Waals surface area contributed by atoms with Crippen molar-refractivity contribution in [2.75, 3.05) is 13.7 Å². The molecule has 0 aliphatic heterocycles. The van der Waals surface area contributed by atoms with Crippen molar-refractivity contribution in [3.8, 4) is 5.75 Å². The molecule has 0 aliphatic carbocycles. The molecule has 3 rings (SSSR count). The second-order valence-electron chi connectivity index (χ2n) is 5.69. The molecule has 2 aromatic carbocycles. The van der Waals surface area contributed by atoms with Gasteiger partial charge in [0.15, 0.2) is 0 Å². The number of amides is 1. The van der Waals surface area contributed by atoms with Crippen molar-refractivity contribution in [2.45, 2.75) is 20.0 Å². The molecule has 24 heavy (non-hydrogen) atoms. The Morgan fingerprint density at radius 1 is 1.17 bits per heavy atom. The van der Waals surface area contributed by atoms with Gasteiger partial charge >= 0.3 is 0 Å². The van der Waals surface area contributed by atoms with Crippen LogP contribution in [-0.2, 0) is 17.9 Å². The number of nitrogens with zero attached hydrogens (tertiary/aromatic N) is 3. The Morgan fingerprint density at radius 3 is 2.67 bits per heavy atom. The number of rotatable bonds is 6. The molecule has 0 saturated heterocycles. The Balaban J connectivity index is 1.64. The zero-order valence-electron chi connectivity index (χ0n) is 14.0. The van der Waals surface area contributed by atoms with E-state index in [0.717, 1.165) is 22.3 Å². The van der Waals surface area contributed by atoms with Crippen LogP contribution in [0.2, 0.25) is 0 Å². The third-order valence-corrected chi connectivity index (χ3v) is 3.91. The van der Waals surface area contributed by atoms with Gasteiger partial charge in [-0.05, 0) is 36.8 Å². The topological polar surface area (TPSA) is 47.4 Å².